The molecule has 7 heteroatoms. The van der Waals surface area contributed by atoms with Gasteiger partial charge < -0.3 is 15.5 Å². The number of rotatable bonds is 3. The molecule has 1 aromatic rings. The van der Waals surface area contributed by atoms with E-state index in [0.29, 0.717) is 29.9 Å². The van der Waals surface area contributed by atoms with Crippen LogP contribution in [-0.4, -0.2) is 52.2 Å². The Bertz CT molecular complexity index is 652. The molecule has 2 N–H and O–H groups in total. The molecule has 2 atom stereocenters. The molecule has 0 radical (unpaired) electrons. The van der Waals surface area contributed by atoms with Crippen LogP contribution in [0, 0.1) is 19.8 Å². The molecule has 2 amide bonds. The SMILES string of the molecule is Cc1nn(C)c(C)c1NC(=O)C(=O)NC[C@@H]1CCCN2CCCC[C@@H]12. The van der Waals surface area contributed by atoms with Crippen LogP contribution in [0.2, 0.25) is 0 Å². The third kappa shape index (κ3) is 3.86. The lowest BCUT2D eigenvalue weighted by Gasteiger charge is -2.44. The van der Waals surface area contributed by atoms with Crippen molar-refractivity contribution in [3.8, 4) is 0 Å². The van der Waals surface area contributed by atoms with Crippen molar-refractivity contribution < 1.29 is 9.59 Å². The number of hydrogen-bond donors (Lipinski definition) is 2. The van der Waals surface area contributed by atoms with Gasteiger partial charge in [0.05, 0.1) is 17.1 Å². The van der Waals surface area contributed by atoms with Gasteiger partial charge in [0.1, 0.15) is 0 Å². The van der Waals surface area contributed by atoms with E-state index in [1.54, 1.807) is 4.68 Å². The molecule has 2 saturated heterocycles. The number of aryl methyl sites for hydroxylation is 2. The lowest BCUT2D eigenvalue weighted by molar-refractivity contribution is -0.136. The van der Waals surface area contributed by atoms with Crippen LogP contribution in [-0.2, 0) is 16.6 Å². The van der Waals surface area contributed by atoms with Gasteiger partial charge in [-0.3, -0.25) is 14.3 Å². The molecule has 2 aliphatic heterocycles. The maximum atomic E-state index is 12.2. The van der Waals surface area contributed by atoms with Gasteiger partial charge in [-0.05, 0) is 58.5 Å². The Labute approximate surface area is 149 Å². The molecule has 0 bridgehead atoms. The summed E-state index contributed by atoms with van der Waals surface area (Å²) in [4.78, 5) is 27.0. The standard InChI is InChI=1S/C18H29N5O2/c1-12-16(13(2)22(3)21-12)20-18(25)17(24)19-11-14-7-6-10-23-9-5-4-8-15(14)23/h14-15H,4-11H2,1-3H3,(H,19,24)(H,20,25)/t14-,15-/m0/s1. The molecule has 2 aliphatic rings. The number of piperidine rings is 2. The van der Waals surface area contributed by atoms with E-state index in [4.69, 9.17) is 0 Å². The second kappa shape index (κ2) is 7.56. The molecule has 0 aliphatic carbocycles. The monoisotopic (exact) mass is 347 g/mol. The second-order valence-electron chi connectivity index (χ2n) is 7.33. The molecule has 138 valence electrons. The van der Waals surface area contributed by atoms with Crippen molar-refractivity contribution in [3.05, 3.63) is 11.4 Å². The minimum atomic E-state index is -0.615. The third-order valence-electron chi connectivity index (χ3n) is 5.71. The first-order chi connectivity index (χ1) is 12.0. The van der Waals surface area contributed by atoms with Crippen LogP contribution in [0.4, 0.5) is 5.69 Å². The summed E-state index contributed by atoms with van der Waals surface area (Å²) >= 11 is 0. The van der Waals surface area contributed by atoms with E-state index in [1.807, 2.05) is 20.9 Å². The van der Waals surface area contributed by atoms with E-state index in [-0.39, 0.29) is 0 Å². The summed E-state index contributed by atoms with van der Waals surface area (Å²) in [6.45, 7) is 6.62. The molecule has 2 fully saturated rings. The molecule has 25 heavy (non-hydrogen) atoms. The van der Waals surface area contributed by atoms with Gasteiger partial charge in [0.2, 0.25) is 0 Å². The molecule has 7 nitrogen and oxygen atoms in total. The molecular weight excluding hydrogens is 318 g/mol. The van der Waals surface area contributed by atoms with Crippen LogP contribution in [0.5, 0.6) is 0 Å². The average molecular weight is 347 g/mol. The highest BCUT2D eigenvalue weighted by Crippen LogP contribution is 2.30. The van der Waals surface area contributed by atoms with E-state index < -0.39 is 11.8 Å². The summed E-state index contributed by atoms with van der Waals surface area (Å²) in [5, 5.41) is 9.80. The number of anilines is 1. The molecular formula is C18H29N5O2. The predicted octanol–water partition coefficient (Wildman–Crippen LogP) is 1.36. The van der Waals surface area contributed by atoms with E-state index in [2.05, 4.69) is 20.6 Å². The van der Waals surface area contributed by atoms with Gasteiger partial charge in [0, 0.05) is 19.6 Å². The normalized spacial score (nSPS) is 23.8. The van der Waals surface area contributed by atoms with Gasteiger partial charge >= 0.3 is 11.8 Å². The summed E-state index contributed by atoms with van der Waals surface area (Å²) in [6.07, 6.45) is 6.06. The summed E-state index contributed by atoms with van der Waals surface area (Å²) in [6, 6.07) is 0.564. The maximum absolute atomic E-state index is 12.2. The van der Waals surface area contributed by atoms with Crippen molar-refractivity contribution >= 4 is 17.5 Å². The van der Waals surface area contributed by atoms with Crippen molar-refractivity contribution in [3.63, 3.8) is 0 Å². The van der Waals surface area contributed by atoms with Crippen LogP contribution in [0.25, 0.3) is 0 Å². The zero-order chi connectivity index (χ0) is 18.0. The number of carbonyl (C=O) groups excluding carboxylic acids is 2. The quantitative estimate of drug-likeness (QED) is 0.809. The summed E-state index contributed by atoms with van der Waals surface area (Å²) in [5.74, 6) is -0.723. The number of nitrogens with one attached hydrogen (secondary N) is 2. The fourth-order valence-corrected chi connectivity index (χ4v) is 4.24. The van der Waals surface area contributed by atoms with Gasteiger partial charge in [-0.1, -0.05) is 6.42 Å². The first-order valence-electron chi connectivity index (χ1n) is 9.30. The second-order valence-corrected chi connectivity index (χ2v) is 7.33. The number of hydrogen-bond acceptors (Lipinski definition) is 4. The Balaban J connectivity index is 1.54. The maximum Gasteiger partial charge on any atom is 0.313 e. The largest absolute Gasteiger partial charge is 0.347 e. The van der Waals surface area contributed by atoms with Gasteiger partial charge in [0.25, 0.3) is 0 Å². The number of nitrogens with zero attached hydrogens (tertiary/aromatic N) is 3. The number of amides is 2. The minimum Gasteiger partial charge on any atom is -0.347 e. The first kappa shape index (κ1) is 17.9. The fourth-order valence-electron chi connectivity index (χ4n) is 4.24. The molecule has 0 saturated carbocycles. The molecule has 0 aromatic carbocycles. The Morgan fingerprint density at radius 1 is 1.12 bits per heavy atom. The van der Waals surface area contributed by atoms with Crippen LogP contribution in [0.1, 0.15) is 43.5 Å². The zero-order valence-corrected chi connectivity index (χ0v) is 15.5. The van der Waals surface area contributed by atoms with Crippen molar-refractivity contribution in [2.45, 2.75) is 52.0 Å². The smallest absolute Gasteiger partial charge is 0.313 e. The number of carbonyl (C=O) groups is 2. The molecule has 3 heterocycles. The zero-order valence-electron chi connectivity index (χ0n) is 15.5. The van der Waals surface area contributed by atoms with Crippen molar-refractivity contribution in [1.29, 1.82) is 0 Å². The van der Waals surface area contributed by atoms with Gasteiger partial charge in [-0.2, -0.15) is 5.10 Å². The van der Waals surface area contributed by atoms with Crippen LogP contribution in [0.3, 0.4) is 0 Å². The molecule has 0 spiro atoms. The predicted molar refractivity (Wildman–Crippen MR) is 96.3 cm³/mol. The average Bonchev–Trinajstić information content (AvgIpc) is 2.85. The molecule has 1 aromatic heterocycles. The Morgan fingerprint density at radius 2 is 1.88 bits per heavy atom. The molecule has 0 unspecified atom stereocenters. The van der Waals surface area contributed by atoms with Crippen molar-refractivity contribution in [1.82, 2.24) is 20.0 Å². The number of aromatic nitrogens is 2. The third-order valence-corrected chi connectivity index (χ3v) is 5.71. The van der Waals surface area contributed by atoms with Crippen LogP contribution >= 0.6 is 0 Å². The number of fused-ring (bicyclic) bond motifs is 1. The van der Waals surface area contributed by atoms with Crippen molar-refractivity contribution in [2.75, 3.05) is 25.0 Å². The summed E-state index contributed by atoms with van der Waals surface area (Å²) in [5.41, 5.74) is 2.17. The first-order valence-corrected chi connectivity index (χ1v) is 9.30. The van der Waals surface area contributed by atoms with Gasteiger partial charge in [0.15, 0.2) is 0 Å². The van der Waals surface area contributed by atoms with E-state index in [9.17, 15) is 9.59 Å². The molecule has 3 rings (SSSR count). The Morgan fingerprint density at radius 3 is 2.60 bits per heavy atom. The Hall–Kier alpha value is -1.89. The highest BCUT2D eigenvalue weighted by atomic mass is 16.2. The van der Waals surface area contributed by atoms with Crippen LogP contribution < -0.4 is 10.6 Å². The lowest BCUT2D eigenvalue weighted by Crippen LogP contribution is -2.51. The topological polar surface area (TPSA) is 79.3 Å². The van der Waals surface area contributed by atoms with Gasteiger partial charge in [-0.15, -0.1) is 0 Å². The lowest BCUT2D eigenvalue weighted by atomic mass is 9.83. The van der Waals surface area contributed by atoms with Crippen LogP contribution in [0.15, 0.2) is 0 Å². The van der Waals surface area contributed by atoms with E-state index in [1.165, 1.54) is 38.8 Å². The highest BCUT2D eigenvalue weighted by molar-refractivity contribution is 6.39. The van der Waals surface area contributed by atoms with Gasteiger partial charge in [-0.25, -0.2) is 0 Å². The fraction of sp³-hybridized carbons (Fsp3) is 0.722. The summed E-state index contributed by atoms with van der Waals surface area (Å²) in [7, 11) is 1.82. The van der Waals surface area contributed by atoms with E-state index in [0.717, 1.165) is 12.1 Å². The van der Waals surface area contributed by atoms with E-state index >= 15 is 0 Å². The minimum absolute atomic E-state index is 0.452. The Kier molecular flexibility index (Phi) is 5.42. The van der Waals surface area contributed by atoms with Crippen molar-refractivity contribution in [2.24, 2.45) is 13.0 Å². The summed E-state index contributed by atoms with van der Waals surface area (Å²) < 4.78 is 1.70. The highest BCUT2D eigenvalue weighted by Gasteiger charge is 2.33.